The van der Waals surface area contributed by atoms with Crippen molar-refractivity contribution in [3.63, 3.8) is 0 Å². The molecule has 0 radical (unpaired) electrons. The van der Waals surface area contributed by atoms with E-state index < -0.39 is 5.54 Å². The number of carbonyl (C=O) groups excluding carboxylic acids is 2. The molecule has 2 aliphatic heterocycles. The number of hydrogen-bond donors (Lipinski definition) is 1. The number of fused-ring (bicyclic) bond motifs is 1. The molecule has 0 aliphatic carbocycles. The summed E-state index contributed by atoms with van der Waals surface area (Å²) >= 11 is 0. The van der Waals surface area contributed by atoms with Crippen molar-refractivity contribution in [2.24, 2.45) is 5.92 Å². The SMILES string of the molecule is CC(C)C[C@@]1(c2ccc[nH]2)C(=O)N2CCC[C@H]2C(=O)N1C. The first kappa shape index (κ1) is 14.2. The van der Waals surface area contributed by atoms with E-state index in [1.54, 1.807) is 16.8 Å². The number of hydrogen-bond acceptors (Lipinski definition) is 2. The molecule has 1 aromatic heterocycles. The molecule has 2 aliphatic rings. The zero-order chi connectivity index (χ0) is 15.2. The van der Waals surface area contributed by atoms with Crippen LogP contribution in [0.4, 0.5) is 0 Å². The van der Waals surface area contributed by atoms with Crippen molar-refractivity contribution < 1.29 is 9.59 Å². The summed E-state index contributed by atoms with van der Waals surface area (Å²) in [7, 11) is 1.78. The summed E-state index contributed by atoms with van der Waals surface area (Å²) in [6, 6.07) is 3.55. The monoisotopic (exact) mass is 289 g/mol. The summed E-state index contributed by atoms with van der Waals surface area (Å²) in [6.07, 6.45) is 4.16. The molecule has 5 nitrogen and oxygen atoms in total. The van der Waals surface area contributed by atoms with Gasteiger partial charge in [0, 0.05) is 19.8 Å². The molecule has 0 bridgehead atoms. The van der Waals surface area contributed by atoms with Gasteiger partial charge in [-0.1, -0.05) is 13.8 Å². The number of nitrogens with zero attached hydrogens (tertiary/aromatic N) is 2. The van der Waals surface area contributed by atoms with Gasteiger partial charge in [-0.25, -0.2) is 0 Å². The van der Waals surface area contributed by atoms with Crippen molar-refractivity contribution >= 4 is 11.8 Å². The van der Waals surface area contributed by atoms with Crippen LogP contribution >= 0.6 is 0 Å². The Labute approximate surface area is 125 Å². The third-order valence-corrected chi connectivity index (χ3v) is 4.80. The first-order chi connectivity index (χ1) is 9.98. The summed E-state index contributed by atoms with van der Waals surface area (Å²) in [4.78, 5) is 32.7. The van der Waals surface area contributed by atoms with Crippen LogP contribution in [-0.2, 0) is 15.1 Å². The summed E-state index contributed by atoms with van der Waals surface area (Å²) in [5.41, 5.74) is -0.0577. The average Bonchev–Trinajstić information content (AvgIpc) is 3.11. The highest BCUT2D eigenvalue weighted by atomic mass is 16.2. The number of rotatable bonds is 3. The van der Waals surface area contributed by atoms with Crippen molar-refractivity contribution in [1.29, 1.82) is 0 Å². The van der Waals surface area contributed by atoms with E-state index in [1.165, 1.54) is 0 Å². The van der Waals surface area contributed by atoms with E-state index in [1.807, 2.05) is 18.3 Å². The minimum atomic E-state index is -0.879. The van der Waals surface area contributed by atoms with Gasteiger partial charge in [0.25, 0.3) is 5.91 Å². The predicted octanol–water partition coefficient (Wildman–Crippen LogP) is 1.72. The van der Waals surface area contributed by atoms with E-state index in [9.17, 15) is 9.59 Å². The standard InChI is InChI=1S/C16H23N3O2/c1-11(2)10-16(13-7-4-8-17-13)15(21)19-9-5-6-12(19)14(20)18(16)3/h4,7-8,11-12,17H,5-6,9-10H2,1-3H3/t12-,16+/m0/s1. The molecule has 0 unspecified atom stereocenters. The molecular formula is C16H23N3O2. The number of carbonyl (C=O) groups is 2. The van der Waals surface area contributed by atoms with Crippen molar-refractivity contribution in [3.8, 4) is 0 Å². The molecule has 5 heteroatoms. The molecule has 0 aromatic carbocycles. The zero-order valence-electron chi connectivity index (χ0n) is 12.9. The van der Waals surface area contributed by atoms with Crippen molar-refractivity contribution in [3.05, 3.63) is 24.0 Å². The number of aromatic nitrogens is 1. The number of piperazine rings is 1. The second-order valence-electron chi connectivity index (χ2n) is 6.60. The maximum absolute atomic E-state index is 13.2. The van der Waals surface area contributed by atoms with Crippen LogP contribution < -0.4 is 0 Å². The van der Waals surface area contributed by atoms with E-state index in [0.29, 0.717) is 18.9 Å². The molecule has 114 valence electrons. The van der Waals surface area contributed by atoms with Gasteiger partial charge < -0.3 is 14.8 Å². The van der Waals surface area contributed by atoms with Crippen LogP contribution in [0.2, 0.25) is 0 Å². The zero-order valence-corrected chi connectivity index (χ0v) is 12.9. The Morgan fingerprint density at radius 1 is 1.43 bits per heavy atom. The average molecular weight is 289 g/mol. The normalized spacial score (nSPS) is 29.4. The maximum Gasteiger partial charge on any atom is 0.255 e. The lowest BCUT2D eigenvalue weighted by molar-refractivity contribution is -0.169. The van der Waals surface area contributed by atoms with Gasteiger partial charge in [-0.05, 0) is 37.3 Å². The molecule has 1 N–H and O–H groups in total. The quantitative estimate of drug-likeness (QED) is 0.921. The van der Waals surface area contributed by atoms with Gasteiger partial charge in [-0.2, -0.15) is 0 Å². The van der Waals surface area contributed by atoms with Crippen LogP contribution in [0.3, 0.4) is 0 Å². The van der Waals surface area contributed by atoms with E-state index in [-0.39, 0.29) is 17.9 Å². The van der Waals surface area contributed by atoms with Crippen LogP contribution in [-0.4, -0.2) is 46.2 Å². The van der Waals surface area contributed by atoms with Crippen LogP contribution in [0.15, 0.2) is 18.3 Å². The third kappa shape index (κ3) is 1.90. The van der Waals surface area contributed by atoms with Gasteiger partial charge in [-0.3, -0.25) is 9.59 Å². The molecule has 21 heavy (non-hydrogen) atoms. The summed E-state index contributed by atoms with van der Waals surface area (Å²) in [5, 5.41) is 0. The van der Waals surface area contributed by atoms with Crippen molar-refractivity contribution in [1.82, 2.24) is 14.8 Å². The predicted molar refractivity (Wildman–Crippen MR) is 79.4 cm³/mol. The van der Waals surface area contributed by atoms with Gasteiger partial charge in [0.2, 0.25) is 5.91 Å². The van der Waals surface area contributed by atoms with Gasteiger partial charge in [0.15, 0.2) is 5.54 Å². The van der Waals surface area contributed by atoms with E-state index >= 15 is 0 Å². The number of nitrogens with one attached hydrogen (secondary N) is 1. The fourth-order valence-corrected chi connectivity index (χ4v) is 3.87. The van der Waals surface area contributed by atoms with Crippen molar-refractivity contribution in [2.45, 2.75) is 44.7 Å². The van der Waals surface area contributed by atoms with E-state index in [2.05, 4.69) is 18.8 Å². The third-order valence-electron chi connectivity index (χ3n) is 4.80. The lowest BCUT2D eigenvalue weighted by atomic mass is 9.80. The van der Waals surface area contributed by atoms with E-state index in [0.717, 1.165) is 18.5 Å². The highest BCUT2D eigenvalue weighted by molar-refractivity contribution is 6.00. The minimum absolute atomic E-state index is 0.0716. The minimum Gasteiger partial charge on any atom is -0.363 e. The topological polar surface area (TPSA) is 56.4 Å². The Morgan fingerprint density at radius 3 is 2.81 bits per heavy atom. The van der Waals surface area contributed by atoms with Crippen LogP contribution in [0.25, 0.3) is 0 Å². The van der Waals surface area contributed by atoms with Crippen LogP contribution in [0.5, 0.6) is 0 Å². The van der Waals surface area contributed by atoms with Crippen LogP contribution in [0.1, 0.15) is 38.8 Å². The van der Waals surface area contributed by atoms with Gasteiger partial charge >= 0.3 is 0 Å². The molecule has 3 heterocycles. The summed E-state index contributed by atoms with van der Waals surface area (Å²) < 4.78 is 0. The Morgan fingerprint density at radius 2 is 2.19 bits per heavy atom. The first-order valence-corrected chi connectivity index (χ1v) is 7.71. The summed E-state index contributed by atoms with van der Waals surface area (Å²) in [5.74, 6) is 0.456. The number of amides is 2. The van der Waals surface area contributed by atoms with Crippen LogP contribution in [0, 0.1) is 5.92 Å². The molecule has 2 atom stereocenters. The first-order valence-electron chi connectivity index (χ1n) is 7.71. The van der Waals surface area contributed by atoms with Gasteiger partial charge in [-0.15, -0.1) is 0 Å². The van der Waals surface area contributed by atoms with Crippen molar-refractivity contribution in [2.75, 3.05) is 13.6 Å². The Balaban J connectivity index is 2.12. The highest BCUT2D eigenvalue weighted by Crippen LogP contribution is 2.41. The lowest BCUT2D eigenvalue weighted by Crippen LogP contribution is -2.67. The molecule has 1 aromatic rings. The number of aromatic amines is 1. The second-order valence-corrected chi connectivity index (χ2v) is 6.60. The molecule has 2 saturated heterocycles. The molecule has 3 rings (SSSR count). The fraction of sp³-hybridized carbons (Fsp3) is 0.625. The molecule has 2 amide bonds. The largest absolute Gasteiger partial charge is 0.363 e. The Hall–Kier alpha value is -1.78. The smallest absolute Gasteiger partial charge is 0.255 e. The molecule has 0 spiro atoms. The van der Waals surface area contributed by atoms with Gasteiger partial charge in [0.1, 0.15) is 6.04 Å². The maximum atomic E-state index is 13.2. The Kier molecular flexibility index (Phi) is 3.30. The molecule has 0 saturated carbocycles. The highest BCUT2D eigenvalue weighted by Gasteiger charge is 2.57. The number of H-pyrrole nitrogens is 1. The van der Waals surface area contributed by atoms with E-state index in [4.69, 9.17) is 0 Å². The number of likely N-dealkylation sites (N-methyl/N-ethyl adjacent to an activating group) is 1. The fourth-order valence-electron chi connectivity index (χ4n) is 3.87. The molecule has 2 fully saturated rings. The second kappa shape index (κ2) is 4.90. The van der Waals surface area contributed by atoms with Gasteiger partial charge in [0.05, 0.1) is 5.69 Å². The molecular weight excluding hydrogens is 266 g/mol. The lowest BCUT2D eigenvalue weighted by Gasteiger charge is -2.49. The Bertz CT molecular complexity index is 552. The summed E-state index contributed by atoms with van der Waals surface area (Å²) in [6.45, 7) is 4.88.